The normalized spacial score (nSPS) is 21.8. The van der Waals surface area contributed by atoms with Crippen LogP contribution in [0.5, 0.6) is 0 Å². The fourth-order valence-corrected chi connectivity index (χ4v) is 2.39. The molecule has 5 heteroatoms. The molecule has 2 rings (SSSR count). The number of rotatable bonds is 1. The van der Waals surface area contributed by atoms with E-state index in [1.54, 1.807) is 18.2 Å². The molecule has 1 aromatic carbocycles. The lowest BCUT2D eigenvalue weighted by Crippen LogP contribution is -2.30. The summed E-state index contributed by atoms with van der Waals surface area (Å²) in [6, 6.07) is 5.15. The van der Waals surface area contributed by atoms with Gasteiger partial charge in [-0.1, -0.05) is 35.3 Å². The maximum atomic E-state index is 10.1. The first-order chi connectivity index (χ1) is 6.59. The molecule has 0 aliphatic heterocycles. The first-order valence-corrected chi connectivity index (χ1v) is 5.01. The van der Waals surface area contributed by atoms with Gasteiger partial charge in [0.1, 0.15) is 0 Å². The van der Waals surface area contributed by atoms with Crippen LogP contribution in [0.3, 0.4) is 0 Å². The highest BCUT2D eigenvalue weighted by atomic mass is 35.5. The van der Waals surface area contributed by atoms with E-state index < -0.39 is 9.71 Å². The molecule has 0 amide bonds. The van der Waals surface area contributed by atoms with Gasteiger partial charge in [0.05, 0.1) is 11.1 Å². The molecule has 0 spiro atoms. The quantitative estimate of drug-likeness (QED) is 0.424. The Labute approximate surface area is 95.5 Å². The number of aliphatic imine (C=N–C) groups is 1. The zero-order valence-electron chi connectivity index (χ0n) is 6.80. The van der Waals surface area contributed by atoms with Crippen molar-refractivity contribution < 1.29 is 4.79 Å². The minimum absolute atomic E-state index is 0.481. The molecule has 0 N–H and O–H groups in total. The number of benzene rings is 1. The van der Waals surface area contributed by atoms with Crippen molar-refractivity contribution in [3.63, 3.8) is 0 Å². The van der Waals surface area contributed by atoms with Crippen molar-refractivity contribution in [3.05, 3.63) is 29.3 Å². The molecule has 0 saturated carbocycles. The van der Waals surface area contributed by atoms with E-state index in [1.165, 1.54) is 6.08 Å². The molecule has 0 radical (unpaired) electrons. The molecular formula is C9H4Cl3NO. The van der Waals surface area contributed by atoms with Gasteiger partial charge in [0.25, 0.3) is 0 Å². The molecule has 0 fully saturated rings. The van der Waals surface area contributed by atoms with Gasteiger partial charge >= 0.3 is 0 Å². The van der Waals surface area contributed by atoms with Crippen molar-refractivity contribution in [2.75, 3.05) is 0 Å². The lowest BCUT2D eigenvalue weighted by atomic mass is 9.85. The smallest absolute Gasteiger partial charge is 0.211 e. The molecule has 0 bridgehead atoms. The van der Waals surface area contributed by atoms with E-state index in [9.17, 15) is 4.79 Å². The van der Waals surface area contributed by atoms with Gasteiger partial charge in [-0.3, -0.25) is 0 Å². The Kier molecular flexibility index (Phi) is 2.32. The van der Waals surface area contributed by atoms with Crippen molar-refractivity contribution in [1.29, 1.82) is 0 Å². The number of nitrogens with zero attached hydrogens (tertiary/aromatic N) is 1. The lowest BCUT2D eigenvalue weighted by Gasteiger charge is -2.38. The second kappa shape index (κ2) is 3.25. The summed E-state index contributed by atoms with van der Waals surface area (Å²) in [7, 11) is 0. The first-order valence-electron chi connectivity index (χ1n) is 3.82. The van der Waals surface area contributed by atoms with Crippen LogP contribution in [0.15, 0.2) is 23.2 Å². The van der Waals surface area contributed by atoms with Gasteiger partial charge in [0, 0.05) is 5.56 Å². The third kappa shape index (κ3) is 1.19. The molecule has 1 atom stereocenters. The summed E-state index contributed by atoms with van der Waals surface area (Å²) in [5, 5.41) is -0.533. The second-order valence-corrected chi connectivity index (χ2v) is 4.75. The standard InChI is InChI=1S/C9H4Cl3NO/c10-8-7-5(9(8,11)12)2-1-3-6(7)13-4-14/h1-3,8H. The SMILES string of the molecule is O=C=Nc1cccc2c1C(Cl)C2(Cl)Cl. The Hall–Kier alpha value is -0.530. The van der Waals surface area contributed by atoms with E-state index in [2.05, 4.69) is 4.99 Å². The predicted octanol–water partition coefficient (Wildman–Crippen LogP) is 3.58. The van der Waals surface area contributed by atoms with Gasteiger partial charge in [-0.25, -0.2) is 4.79 Å². The van der Waals surface area contributed by atoms with Crippen LogP contribution in [-0.4, -0.2) is 6.08 Å². The topological polar surface area (TPSA) is 29.4 Å². The van der Waals surface area contributed by atoms with Crippen LogP contribution in [0.25, 0.3) is 0 Å². The number of alkyl halides is 3. The Morgan fingerprint density at radius 1 is 1.43 bits per heavy atom. The van der Waals surface area contributed by atoms with Crippen LogP contribution < -0.4 is 0 Å². The van der Waals surface area contributed by atoms with Crippen molar-refractivity contribution in [2.24, 2.45) is 4.99 Å². The van der Waals surface area contributed by atoms with Crippen LogP contribution in [0.1, 0.15) is 16.5 Å². The van der Waals surface area contributed by atoms with E-state index in [0.29, 0.717) is 16.8 Å². The molecule has 1 aliphatic carbocycles. The van der Waals surface area contributed by atoms with E-state index in [4.69, 9.17) is 34.8 Å². The Morgan fingerprint density at radius 3 is 2.79 bits per heavy atom. The summed E-state index contributed by atoms with van der Waals surface area (Å²) in [5.41, 5.74) is 1.90. The molecule has 72 valence electrons. The number of carbonyl (C=O) groups excluding carboxylic acids is 1. The predicted molar refractivity (Wildman–Crippen MR) is 56.2 cm³/mol. The summed E-state index contributed by atoms with van der Waals surface area (Å²) in [4.78, 5) is 13.7. The maximum absolute atomic E-state index is 10.1. The number of hydrogen-bond donors (Lipinski definition) is 0. The summed E-state index contributed by atoms with van der Waals surface area (Å²) in [6.45, 7) is 0. The van der Waals surface area contributed by atoms with Crippen molar-refractivity contribution in [3.8, 4) is 0 Å². The van der Waals surface area contributed by atoms with Gasteiger partial charge < -0.3 is 0 Å². The molecule has 1 aromatic rings. The molecule has 2 nitrogen and oxygen atoms in total. The molecule has 1 aliphatic rings. The van der Waals surface area contributed by atoms with Gasteiger partial charge in [-0.2, -0.15) is 4.99 Å². The fourth-order valence-electron chi connectivity index (χ4n) is 1.50. The number of isocyanates is 1. The average molecular weight is 248 g/mol. The zero-order chi connectivity index (χ0) is 10.3. The van der Waals surface area contributed by atoms with Gasteiger partial charge in [0.2, 0.25) is 6.08 Å². The highest BCUT2D eigenvalue weighted by Gasteiger charge is 2.50. The molecule has 14 heavy (non-hydrogen) atoms. The van der Waals surface area contributed by atoms with Crippen LogP contribution in [0.2, 0.25) is 0 Å². The summed E-state index contributed by atoms with van der Waals surface area (Å²) < 4.78 is -1.08. The monoisotopic (exact) mass is 247 g/mol. The number of hydrogen-bond acceptors (Lipinski definition) is 2. The Bertz CT molecular complexity index is 438. The zero-order valence-corrected chi connectivity index (χ0v) is 9.07. The second-order valence-electron chi connectivity index (χ2n) is 2.93. The van der Waals surface area contributed by atoms with E-state index in [-0.39, 0.29) is 0 Å². The van der Waals surface area contributed by atoms with Gasteiger partial charge in [-0.15, -0.1) is 11.6 Å². The van der Waals surface area contributed by atoms with Gasteiger partial charge in [-0.05, 0) is 11.6 Å². The number of fused-ring (bicyclic) bond motifs is 1. The molecule has 1 unspecified atom stereocenters. The third-order valence-corrected chi connectivity index (χ3v) is 3.79. The lowest BCUT2D eigenvalue weighted by molar-refractivity contribution is 0.565. The van der Waals surface area contributed by atoms with Crippen molar-refractivity contribution >= 4 is 46.6 Å². The first kappa shape index (κ1) is 10.0. The summed E-state index contributed by atoms with van der Waals surface area (Å²) in [5.74, 6) is 0. The van der Waals surface area contributed by atoms with E-state index in [0.717, 1.165) is 0 Å². The largest absolute Gasteiger partial charge is 0.240 e. The molecule has 0 aromatic heterocycles. The summed E-state index contributed by atoms with van der Waals surface area (Å²) in [6.07, 6.45) is 1.46. The molecular weight excluding hydrogens is 244 g/mol. The van der Waals surface area contributed by atoms with Crippen LogP contribution in [-0.2, 0) is 9.13 Å². The van der Waals surface area contributed by atoms with Crippen LogP contribution in [0, 0.1) is 0 Å². The Balaban J connectivity index is 2.62. The average Bonchev–Trinajstić information content (AvgIpc) is 2.17. The van der Waals surface area contributed by atoms with E-state index in [1.807, 2.05) is 0 Å². The van der Waals surface area contributed by atoms with E-state index >= 15 is 0 Å². The minimum atomic E-state index is -1.08. The van der Waals surface area contributed by atoms with Crippen LogP contribution >= 0.6 is 34.8 Å². The minimum Gasteiger partial charge on any atom is -0.211 e. The van der Waals surface area contributed by atoms with Gasteiger partial charge in [0.15, 0.2) is 4.33 Å². The summed E-state index contributed by atoms with van der Waals surface area (Å²) >= 11 is 17.9. The molecule has 0 heterocycles. The highest BCUT2D eigenvalue weighted by Crippen LogP contribution is 2.62. The highest BCUT2D eigenvalue weighted by molar-refractivity contribution is 6.53. The van der Waals surface area contributed by atoms with Crippen LogP contribution in [0.4, 0.5) is 5.69 Å². The number of halogens is 3. The maximum Gasteiger partial charge on any atom is 0.240 e. The molecule has 0 saturated heterocycles. The Morgan fingerprint density at radius 2 is 2.14 bits per heavy atom. The third-order valence-electron chi connectivity index (χ3n) is 2.18. The van der Waals surface area contributed by atoms with Crippen molar-refractivity contribution in [2.45, 2.75) is 9.71 Å². The van der Waals surface area contributed by atoms with Crippen molar-refractivity contribution in [1.82, 2.24) is 0 Å². The fraction of sp³-hybridized carbons (Fsp3) is 0.222.